The summed E-state index contributed by atoms with van der Waals surface area (Å²) in [7, 11) is 0. The molecular formula is C12H11Br2ClN2S. The molecule has 1 atom stereocenters. The van der Waals surface area contributed by atoms with Crippen molar-refractivity contribution in [2.75, 3.05) is 11.9 Å². The molecule has 1 unspecified atom stereocenters. The second kappa shape index (κ2) is 6.39. The maximum Gasteiger partial charge on any atom is 0.107 e. The lowest BCUT2D eigenvalue weighted by Gasteiger charge is -2.16. The third-order valence-electron chi connectivity index (χ3n) is 2.41. The second-order valence-electron chi connectivity index (χ2n) is 3.71. The van der Waals surface area contributed by atoms with Crippen LogP contribution in [0.25, 0.3) is 0 Å². The Kier molecular flexibility index (Phi) is 5.09. The minimum absolute atomic E-state index is 0.0631. The van der Waals surface area contributed by atoms with E-state index in [-0.39, 0.29) is 6.04 Å². The molecule has 2 nitrogen and oxygen atoms in total. The molecule has 0 aliphatic rings. The lowest BCUT2D eigenvalue weighted by atomic mass is 10.2. The molecule has 18 heavy (non-hydrogen) atoms. The van der Waals surface area contributed by atoms with Gasteiger partial charge in [-0.25, -0.2) is 0 Å². The van der Waals surface area contributed by atoms with Gasteiger partial charge in [-0.2, -0.15) is 0 Å². The van der Waals surface area contributed by atoms with Crippen LogP contribution in [0.4, 0.5) is 5.69 Å². The zero-order valence-corrected chi connectivity index (χ0v) is 14.0. The number of nitrogens with one attached hydrogen (secondary N) is 1. The molecule has 0 fully saturated rings. The van der Waals surface area contributed by atoms with E-state index in [4.69, 9.17) is 17.3 Å². The summed E-state index contributed by atoms with van der Waals surface area (Å²) in [6.07, 6.45) is 0. The molecule has 0 aliphatic heterocycles. The van der Waals surface area contributed by atoms with Gasteiger partial charge in [0.15, 0.2) is 0 Å². The van der Waals surface area contributed by atoms with Crippen molar-refractivity contribution in [1.29, 1.82) is 0 Å². The van der Waals surface area contributed by atoms with E-state index in [2.05, 4.69) is 37.2 Å². The van der Waals surface area contributed by atoms with Gasteiger partial charge in [-0.05, 0) is 40.2 Å². The lowest BCUT2D eigenvalue weighted by Crippen LogP contribution is -2.19. The number of nitrogens with two attached hydrogens (primary N) is 1. The number of benzene rings is 1. The number of hydrogen-bond acceptors (Lipinski definition) is 3. The Balaban J connectivity index is 2.19. The van der Waals surface area contributed by atoms with E-state index >= 15 is 0 Å². The van der Waals surface area contributed by atoms with Gasteiger partial charge in [-0.1, -0.05) is 33.6 Å². The molecule has 0 saturated heterocycles. The smallest absolute Gasteiger partial charge is 0.107 e. The SMILES string of the molecule is NCC(Nc1cccc(Br)c1)c1cc(Br)c(Cl)s1. The Hall–Kier alpha value is -0.0700. The van der Waals surface area contributed by atoms with Crippen molar-refractivity contribution in [2.45, 2.75) is 6.04 Å². The van der Waals surface area contributed by atoms with Crippen LogP contribution in [0, 0.1) is 0 Å². The normalized spacial score (nSPS) is 12.4. The predicted octanol–water partition coefficient (Wildman–Crippen LogP) is 5.04. The zero-order valence-electron chi connectivity index (χ0n) is 9.29. The summed E-state index contributed by atoms with van der Waals surface area (Å²) in [4.78, 5) is 1.12. The van der Waals surface area contributed by atoms with Gasteiger partial charge in [0.1, 0.15) is 4.34 Å². The zero-order chi connectivity index (χ0) is 13.1. The second-order valence-corrected chi connectivity index (χ2v) is 7.17. The van der Waals surface area contributed by atoms with Gasteiger partial charge in [0.25, 0.3) is 0 Å². The Labute approximate surface area is 132 Å². The van der Waals surface area contributed by atoms with Gasteiger partial charge in [-0.3, -0.25) is 0 Å². The van der Waals surface area contributed by atoms with Gasteiger partial charge in [-0.15, -0.1) is 11.3 Å². The van der Waals surface area contributed by atoms with E-state index in [1.165, 1.54) is 11.3 Å². The lowest BCUT2D eigenvalue weighted by molar-refractivity contribution is 0.805. The number of halogens is 3. The summed E-state index contributed by atoms with van der Waals surface area (Å²) in [5.41, 5.74) is 6.85. The van der Waals surface area contributed by atoms with Crippen LogP contribution in [-0.4, -0.2) is 6.54 Å². The highest BCUT2D eigenvalue weighted by Gasteiger charge is 2.14. The number of rotatable bonds is 4. The molecular weight excluding hydrogens is 399 g/mol. The van der Waals surface area contributed by atoms with Gasteiger partial charge < -0.3 is 11.1 Å². The molecule has 1 heterocycles. The third kappa shape index (κ3) is 3.48. The molecule has 96 valence electrons. The molecule has 2 aromatic rings. The first-order chi connectivity index (χ1) is 8.60. The maximum atomic E-state index is 6.05. The van der Waals surface area contributed by atoms with Crippen LogP contribution in [0.1, 0.15) is 10.9 Å². The number of thiophene rings is 1. The van der Waals surface area contributed by atoms with Gasteiger partial charge in [0, 0.05) is 26.1 Å². The maximum absolute atomic E-state index is 6.05. The first kappa shape index (κ1) is 14.3. The van der Waals surface area contributed by atoms with Crippen molar-refractivity contribution in [3.63, 3.8) is 0 Å². The van der Waals surface area contributed by atoms with E-state index in [1.54, 1.807) is 0 Å². The van der Waals surface area contributed by atoms with Crippen molar-refractivity contribution in [3.05, 3.63) is 48.5 Å². The van der Waals surface area contributed by atoms with Crippen LogP contribution in [0.3, 0.4) is 0 Å². The fourth-order valence-corrected chi connectivity index (χ4v) is 3.76. The standard InChI is InChI=1S/C12H11Br2ClN2S/c13-7-2-1-3-8(4-7)17-10(6-16)11-5-9(14)12(15)18-11/h1-5,10,17H,6,16H2. The molecule has 0 aliphatic carbocycles. The molecule has 1 aromatic heterocycles. The molecule has 1 aromatic carbocycles. The summed E-state index contributed by atoms with van der Waals surface area (Å²) in [5.74, 6) is 0. The Bertz CT molecular complexity index is 525. The number of anilines is 1. The van der Waals surface area contributed by atoms with Crippen molar-refractivity contribution in [2.24, 2.45) is 5.73 Å². The van der Waals surface area contributed by atoms with E-state index in [0.717, 1.165) is 23.8 Å². The van der Waals surface area contributed by atoms with Crippen LogP contribution in [0.15, 0.2) is 39.3 Å². The number of hydrogen-bond donors (Lipinski definition) is 2. The first-order valence-electron chi connectivity index (χ1n) is 5.27. The minimum atomic E-state index is 0.0631. The fraction of sp³-hybridized carbons (Fsp3) is 0.167. The van der Waals surface area contributed by atoms with E-state index in [1.807, 2.05) is 30.3 Å². The average molecular weight is 411 g/mol. The van der Waals surface area contributed by atoms with Crippen molar-refractivity contribution >= 4 is 60.5 Å². The summed E-state index contributed by atoms with van der Waals surface area (Å²) < 4.78 is 2.70. The monoisotopic (exact) mass is 408 g/mol. The summed E-state index contributed by atoms with van der Waals surface area (Å²) in [5, 5.41) is 3.40. The Morgan fingerprint density at radius 1 is 1.33 bits per heavy atom. The molecule has 0 amide bonds. The minimum Gasteiger partial charge on any atom is -0.376 e. The quantitative estimate of drug-likeness (QED) is 0.741. The topological polar surface area (TPSA) is 38.0 Å². The molecule has 6 heteroatoms. The highest BCUT2D eigenvalue weighted by Crippen LogP contribution is 2.36. The van der Waals surface area contributed by atoms with Crippen LogP contribution in [0.2, 0.25) is 4.34 Å². The van der Waals surface area contributed by atoms with E-state index in [9.17, 15) is 0 Å². The summed E-state index contributed by atoms with van der Waals surface area (Å²) in [6.45, 7) is 0.510. The summed E-state index contributed by atoms with van der Waals surface area (Å²) >= 11 is 14.5. The van der Waals surface area contributed by atoms with Crippen molar-refractivity contribution < 1.29 is 0 Å². The van der Waals surface area contributed by atoms with Crippen LogP contribution < -0.4 is 11.1 Å². The van der Waals surface area contributed by atoms with Gasteiger partial charge in [0.2, 0.25) is 0 Å². The third-order valence-corrected chi connectivity index (χ3v) is 5.49. The predicted molar refractivity (Wildman–Crippen MR) is 86.6 cm³/mol. The van der Waals surface area contributed by atoms with Crippen molar-refractivity contribution in [1.82, 2.24) is 0 Å². The molecule has 0 radical (unpaired) electrons. The molecule has 2 rings (SSSR count). The Morgan fingerprint density at radius 2 is 2.11 bits per heavy atom. The fourth-order valence-electron chi connectivity index (χ4n) is 1.56. The molecule has 0 saturated carbocycles. The highest BCUT2D eigenvalue weighted by atomic mass is 79.9. The Morgan fingerprint density at radius 3 is 2.67 bits per heavy atom. The van der Waals surface area contributed by atoms with E-state index < -0.39 is 0 Å². The van der Waals surface area contributed by atoms with Crippen molar-refractivity contribution in [3.8, 4) is 0 Å². The van der Waals surface area contributed by atoms with Gasteiger partial charge >= 0.3 is 0 Å². The highest BCUT2D eigenvalue weighted by molar-refractivity contribution is 9.10. The van der Waals surface area contributed by atoms with Gasteiger partial charge in [0.05, 0.1) is 6.04 Å². The summed E-state index contributed by atoms with van der Waals surface area (Å²) in [6, 6.07) is 10.1. The first-order valence-corrected chi connectivity index (χ1v) is 8.05. The van der Waals surface area contributed by atoms with Crippen LogP contribution in [-0.2, 0) is 0 Å². The van der Waals surface area contributed by atoms with Crippen LogP contribution in [0.5, 0.6) is 0 Å². The van der Waals surface area contributed by atoms with Crippen LogP contribution >= 0.6 is 54.8 Å². The average Bonchev–Trinajstić information content (AvgIpc) is 2.66. The largest absolute Gasteiger partial charge is 0.376 e. The molecule has 0 spiro atoms. The molecule has 3 N–H and O–H groups in total. The van der Waals surface area contributed by atoms with E-state index in [0.29, 0.717) is 6.54 Å². The molecule has 0 bridgehead atoms.